The summed E-state index contributed by atoms with van der Waals surface area (Å²) < 4.78 is 0. The molecular formula is C23H22N2O. The van der Waals surface area contributed by atoms with Crippen LogP contribution in [-0.4, -0.2) is 23.9 Å². The van der Waals surface area contributed by atoms with Crippen molar-refractivity contribution >= 4 is 22.8 Å². The Bertz CT molecular complexity index is 1050. The summed E-state index contributed by atoms with van der Waals surface area (Å²) in [5.41, 5.74) is 6.16. The number of aromatic amines is 1. The van der Waals surface area contributed by atoms with Crippen LogP contribution in [0.3, 0.4) is 0 Å². The predicted octanol–water partition coefficient (Wildman–Crippen LogP) is 4.38. The van der Waals surface area contributed by atoms with Crippen LogP contribution in [0.25, 0.3) is 17.0 Å². The van der Waals surface area contributed by atoms with Crippen molar-refractivity contribution in [2.45, 2.75) is 25.2 Å². The van der Waals surface area contributed by atoms with Crippen molar-refractivity contribution in [3.05, 3.63) is 76.5 Å². The van der Waals surface area contributed by atoms with Gasteiger partial charge in [0.1, 0.15) is 0 Å². The van der Waals surface area contributed by atoms with Crippen LogP contribution >= 0.6 is 0 Å². The number of hydrogen-bond donors (Lipinski definition) is 2. The van der Waals surface area contributed by atoms with Crippen LogP contribution in [0.2, 0.25) is 0 Å². The number of allylic oxidation sites excluding steroid dienone is 1. The number of fused-ring (bicyclic) bond motifs is 3. The number of nitrogens with one attached hydrogen (secondary N) is 2. The molecule has 0 amide bonds. The molecule has 1 fully saturated rings. The number of aryl methyl sites for hydroxylation is 1. The number of para-hydroxylation sites is 1. The molecule has 3 nitrogen and oxygen atoms in total. The minimum absolute atomic E-state index is 0.149. The topological polar surface area (TPSA) is 44.9 Å². The zero-order chi connectivity index (χ0) is 17.7. The Hall–Kier alpha value is -2.65. The van der Waals surface area contributed by atoms with Gasteiger partial charge < -0.3 is 10.3 Å². The van der Waals surface area contributed by atoms with Gasteiger partial charge in [0.25, 0.3) is 0 Å². The third-order valence-electron chi connectivity index (χ3n) is 6.11. The molecule has 3 heteroatoms. The molecule has 1 aliphatic heterocycles. The molecule has 0 radical (unpaired) electrons. The van der Waals surface area contributed by atoms with Crippen molar-refractivity contribution < 1.29 is 4.79 Å². The molecule has 130 valence electrons. The molecule has 5 rings (SSSR count). The van der Waals surface area contributed by atoms with Crippen LogP contribution in [0, 0.1) is 6.92 Å². The summed E-state index contributed by atoms with van der Waals surface area (Å²) in [6.07, 6.45) is 4.09. The van der Waals surface area contributed by atoms with Gasteiger partial charge in [-0.15, -0.1) is 0 Å². The lowest BCUT2D eigenvalue weighted by Crippen LogP contribution is -2.41. The number of piperidine rings is 1. The fourth-order valence-corrected chi connectivity index (χ4v) is 4.88. The Morgan fingerprint density at radius 1 is 1.00 bits per heavy atom. The summed E-state index contributed by atoms with van der Waals surface area (Å²) in [5.74, 6) is 0.179. The van der Waals surface area contributed by atoms with E-state index in [0.29, 0.717) is 0 Å². The van der Waals surface area contributed by atoms with E-state index in [1.165, 1.54) is 11.1 Å². The van der Waals surface area contributed by atoms with Gasteiger partial charge in [-0.1, -0.05) is 42.5 Å². The van der Waals surface area contributed by atoms with E-state index in [2.05, 4.69) is 40.6 Å². The van der Waals surface area contributed by atoms with Gasteiger partial charge in [-0.25, -0.2) is 0 Å². The molecule has 0 saturated carbocycles. The van der Waals surface area contributed by atoms with Crippen molar-refractivity contribution in [3.63, 3.8) is 0 Å². The third-order valence-corrected chi connectivity index (χ3v) is 6.11. The molecule has 2 heterocycles. The molecule has 3 aromatic rings. The predicted molar refractivity (Wildman–Crippen MR) is 106 cm³/mol. The van der Waals surface area contributed by atoms with Crippen LogP contribution in [0.1, 0.15) is 40.0 Å². The van der Waals surface area contributed by atoms with Crippen LogP contribution < -0.4 is 5.32 Å². The number of hydrogen-bond acceptors (Lipinski definition) is 2. The van der Waals surface area contributed by atoms with Crippen molar-refractivity contribution in [1.82, 2.24) is 10.3 Å². The molecule has 2 N–H and O–H groups in total. The molecule has 0 unspecified atom stereocenters. The van der Waals surface area contributed by atoms with Gasteiger partial charge in [0.15, 0.2) is 5.78 Å². The normalized spacial score (nSPS) is 18.1. The number of rotatable bonds is 2. The van der Waals surface area contributed by atoms with Gasteiger partial charge in [0, 0.05) is 27.6 Å². The minimum atomic E-state index is -0.149. The monoisotopic (exact) mass is 342 g/mol. The summed E-state index contributed by atoms with van der Waals surface area (Å²) >= 11 is 0. The maximum atomic E-state index is 13.8. The second-order valence-corrected chi connectivity index (χ2v) is 7.48. The first-order valence-corrected chi connectivity index (χ1v) is 9.35. The fourth-order valence-electron chi connectivity index (χ4n) is 4.88. The number of aromatic nitrogens is 1. The summed E-state index contributed by atoms with van der Waals surface area (Å²) in [5, 5.41) is 4.48. The standard InChI is InChI=1S/C23H22N2O/c1-15-21(17-7-3-5-9-20(17)25-15)22(26)19-14-16-6-2-4-8-18(16)23(19)10-12-24-13-11-23/h2-9,14,24-25H,10-13H2,1H3. The Kier molecular flexibility index (Phi) is 3.41. The highest BCUT2D eigenvalue weighted by molar-refractivity contribution is 6.21. The Morgan fingerprint density at radius 2 is 1.73 bits per heavy atom. The molecule has 1 saturated heterocycles. The summed E-state index contributed by atoms with van der Waals surface area (Å²) in [4.78, 5) is 17.2. The van der Waals surface area contributed by atoms with Crippen LogP contribution in [0.5, 0.6) is 0 Å². The first-order valence-electron chi connectivity index (χ1n) is 9.35. The quantitative estimate of drug-likeness (QED) is 0.679. The zero-order valence-electron chi connectivity index (χ0n) is 14.9. The molecule has 0 atom stereocenters. The third kappa shape index (κ3) is 2.07. The lowest BCUT2D eigenvalue weighted by atomic mass is 9.68. The Balaban J connectivity index is 1.69. The number of H-pyrrole nitrogens is 1. The second kappa shape index (κ2) is 5.68. The van der Waals surface area contributed by atoms with E-state index in [0.717, 1.165) is 53.7 Å². The minimum Gasteiger partial charge on any atom is -0.358 e. The molecule has 0 bridgehead atoms. The smallest absolute Gasteiger partial charge is 0.192 e. The molecule has 1 spiro atoms. The van der Waals surface area contributed by atoms with Gasteiger partial charge in [-0.2, -0.15) is 0 Å². The van der Waals surface area contributed by atoms with Crippen molar-refractivity contribution in [3.8, 4) is 0 Å². The van der Waals surface area contributed by atoms with E-state index in [4.69, 9.17) is 0 Å². The molecule has 1 aromatic heterocycles. The van der Waals surface area contributed by atoms with E-state index in [1.807, 2.05) is 31.2 Å². The lowest BCUT2D eigenvalue weighted by molar-refractivity contribution is 0.101. The van der Waals surface area contributed by atoms with E-state index < -0.39 is 0 Å². The number of benzene rings is 2. The summed E-state index contributed by atoms with van der Waals surface area (Å²) in [7, 11) is 0. The SMILES string of the molecule is Cc1[nH]c2ccccc2c1C(=O)C1=Cc2ccccc2C12CCNCC2. The average molecular weight is 342 g/mol. The van der Waals surface area contributed by atoms with E-state index in [1.54, 1.807) is 0 Å². The number of ketones is 1. The van der Waals surface area contributed by atoms with Crippen molar-refractivity contribution in [2.75, 3.05) is 13.1 Å². The van der Waals surface area contributed by atoms with Crippen LogP contribution in [-0.2, 0) is 5.41 Å². The molecule has 2 aliphatic rings. The van der Waals surface area contributed by atoms with Crippen LogP contribution in [0.4, 0.5) is 0 Å². The largest absolute Gasteiger partial charge is 0.358 e. The second-order valence-electron chi connectivity index (χ2n) is 7.48. The first kappa shape index (κ1) is 15.6. The first-order chi connectivity index (χ1) is 12.7. The van der Waals surface area contributed by atoms with Gasteiger partial charge in [-0.05, 0) is 56.1 Å². The highest BCUT2D eigenvalue weighted by Gasteiger charge is 2.45. The van der Waals surface area contributed by atoms with Crippen molar-refractivity contribution in [1.29, 1.82) is 0 Å². The van der Waals surface area contributed by atoms with Gasteiger partial charge >= 0.3 is 0 Å². The molecule has 2 aromatic carbocycles. The van der Waals surface area contributed by atoms with Crippen LogP contribution in [0.15, 0.2) is 54.1 Å². The van der Waals surface area contributed by atoms with E-state index in [9.17, 15) is 4.79 Å². The highest BCUT2D eigenvalue weighted by Crippen LogP contribution is 2.49. The van der Waals surface area contributed by atoms with Gasteiger partial charge in [0.05, 0.1) is 5.56 Å². The van der Waals surface area contributed by atoms with Crippen molar-refractivity contribution in [2.24, 2.45) is 0 Å². The van der Waals surface area contributed by atoms with Gasteiger partial charge in [0.2, 0.25) is 0 Å². The zero-order valence-corrected chi connectivity index (χ0v) is 14.9. The number of carbonyl (C=O) groups excluding carboxylic acids is 1. The van der Waals surface area contributed by atoms with Gasteiger partial charge in [-0.3, -0.25) is 4.79 Å². The summed E-state index contributed by atoms with van der Waals surface area (Å²) in [6, 6.07) is 16.6. The fraction of sp³-hybridized carbons (Fsp3) is 0.261. The number of carbonyl (C=O) groups is 1. The summed E-state index contributed by atoms with van der Waals surface area (Å²) in [6.45, 7) is 3.91. The molecule has 1 aliphatic carbocycles. The molecular weight excluding hydrogens is 320 g/mol. The lowest BCUT2D eigenvalue weighted by Gasteiger charge is -2.37. The van der Waals surface area contributed by atoms with E-state index in [-0.39, 0.29) is 11.2 Å². The Labute approximate surface area is 153 Å². The highest BCUT2D eigenvalue weighted by atomic mass is 16.1. The number of Topliss-reactive ketones (excluding diaryl/α,β-unsaturated/α-hetero) is 1. The molecule has 26 heavy (non-hydrogen) atoms. The maximum absolute atomic E-state index is 13.8. The average Bonchev–Trinajstić information content (AvgIpc) is 3.17. The maximum Gasteiger partial charge on any atom is 0.192 e. The Morgan fingerprint density at radius 3 is 2.58 bits per heavy atom. The van der Waals surface area contributed by atoms with E-state index >= 15 is 0 Å².